The van der Waals surface area contributed by atoms with Crippen LogP contribution in [0, 0.1) is 5.92 Å². The highest BCUT2D eigenvalue weighted by molar-refractivity contribution is 5.87. The van der Waals surface area contributed by atoms with Gasteiger partial charge < -0.3 is 132 Å². The monoisotopic (exact) mass is 1200 g/mol. The first-order chi connectivity index (χ1) is 35.9. The maximum Gasteiger partial charge on any atom is 0.335 e. The second-order valence-electron chi connectivity index (χ2n) is 19.2. The molecule has 0 saturated carbocycles. The number of carbonyl (C=O) groups is 6. The molecule has 4 fully saturated rings. The number of carbonyl (C=O) groups excluding carboxylic acids is 3. The van der Waals surface area contributed by atoms with E-state index in [1.165, 1.54) is 13.8 Å². The molecule has 0 aromatic rings. The van der Waals surface area contributed by atoms with Gasteiger partial charge in [0, 0.05) is 34.5 Å². The lowest BCUT2D eigenvalue weighted by Crippen LogP contribution is -2.71. The molecule has 22 unspecified atom stereocenters. The number of hydrogen-bond donors (Lipinski definition) is 18. The molecule has 4 aliphatic rings. The molecule has 4 heterocycles. The lowest BCUT2D eigenvalue weighted by molar-refractivity contribution is -0.348. The molecule has 2 amide bonds. The molecule has 21 N–H and O–H groups in total. The zero-order valence-corrected chi connectivity index (χ0v) is 46.0. The maximum absolute atomic E-state index is 11.8. The third-order valence-electron chi connectivity index (χ3n) is 13.2. The molecule has 22 atom stereocenters. The molecule has 32 nitrogen and oxygen atoms in total. The first-order valence-corrected chi connectivity index (χ1v) is 24.6. The number of hydrogen-bond acceptors (Lipinski definition) is 27. The van der Waals surface area contributed by atoms with Crippen LogP contribution in [0.25, 0.3) is 0 Å². The first kappa shape index (κ1) is 75.8. The van der Waals surface area contributed by atoms with E-state index >= 15 is 0 Å². The molecule has 4 rings (SSSR count). The number of unbranched alkanes of at least 4 members (excludes halogenated alkanes) is 2. The van der Waals surface area contributed by atoms with Crippen molar-refractivity contribution < 1.29 is 133 Å². The quantitative estimate of drug-likeness (QED) is 0.0399. The molecule has 4 saturated heterocycles. The molecule has 34 heteroatoms. The van der Waals surface area contributed by atoms with Crippen molar-refractivity contribution in [3.63, 3.8) is 0 Å². The maximum atomic E-state index is 11.8. The van der Waals surface area contributed by atoms with Crippen LogP contribution in [0.3, 0.4) is 0 Å². The summed E-state index contributed by atoms with van der Waals surface area (Å²) in [6.07, 6.45) is -22.0. The van der Waals surface area contributed by atoms with Crippen molar-refractivity contribution in [1.82, 2.24) is 10.6 Å². The lowest BCUT2D eigenvalue weighted by Gasteiger charge is -2.49. The number of ether oxygens (including phenoxy) is 8. The standard InChI is InChI=1S/2C16H27NO12.C13H27N3O3.2ClH/c2*1-5(19)17-7-12(22)16(2,25)6(4-18)27-14(7)28-10-8(20)9(21)15(26-3)29-11(10)13(23)24;14-7-3-1-5-10(13(18)19)9-12(17)11(16)6-2-4-8-15;;/h2*6-12,14-15,18,20-22,25H,4H2,1-3H3,(H,17,19)(H,23,24);10-11H,1-9,14-16H2,(H,18,19);2*1H. The van der Waals surface area contributed by atoms with Crippen LogP contribution in [0.5, 0.6) is 0 Å². The highest BCUT2D eigenvalue weighted by Gasteiger charge is 2.58. The Balaban J connectivity index is 0.00000117. The van der Waals surface area contributed by atoms with Crippen LogP contribution < -0.4 is 27.8 Å². The van der Waals surface area contributed by atoms with Gasteiger partial charge in [0.25, 0.3) is 0 Å². The van der Waals surface area contributed by atoms with Gasteiger partial charge >= 0.3 is 17.9 Å². The van der Waals surface area contributed by atoms with Crippen LogP contribution in [0.15, 0.2) is 0 Å². The van der Waals surface area contributed by atoms with E-state index in [0.717, 1.165) is 53.8 Å². The Morgan fingerprint density at radius 2 is 0.937 bits per heavy atom. The minimum Gasteiger partial charge on any atom is -0.481 e. The van der Waals surface area contributed by atoms with Crippen molar-refractivity contribution in [1.29, 1.82) is 0 Å². The molecular formula is C45H83Cl2N5O27. The number of ketones is 1. The van der Waals surface area contributed by atoms with E-state index in [1.807, 2.05) is 0 Å². The number of aliphatic carboxylic acids is 3. The highest BCUT2D eigenvalue weighted by atomic mass is 35.5. The van der Waals surface area contributed by atoms with Gasteiger partial charge in [0.05, 0.1) is 25.2 Å². The van der Waals surface area contributed by atoms with Gasteiger partial charge in [-0.1, -0.05) is 12.8 Å². The van der Waals surface area contributed by atoms with E-state index in [0.29, 0.717) is 25.9 Å². The van der Waals surface area contributed by atoms with Gasteiger partial charge in [0.15, 0.2) is 37.4 Å². The SMILES string of the molecule is COC1OC(C(=O)O)C(OC2OC(CO)C(C)(O)C(O)C2NC(C)=O)C(O)C1O.COC1OC(C(=O)O)C(OC2OC(CO)C(C)(O)C(O)C2NC(C)=O)C(O)C1O.Cl.Cl.NCCCCC(N)C(=O)CC(CCCCN)C(=O)O. The number of carboxylic acid groups (broad SMARTS) is 3. The fourth-order valence-electron chi connectivity index (χ4n) is 8.61. The average molecular weight is 1200 g/mol. The highest BCUT2D eigenvalue weighted by Crippen LogP contribution is 2.35. The van der Waals surface area contributed by atoms with Crippen molar-refractivity contribution in [2.45, 2.75) is 200 Å². The van der Waals surface area contributed by atoms with Crippen LogP contribution in [0.1, 0.15) is 72.6 Å². The minimum atomic E-state index is -1.99. The number of nitrogens with one attached hydrogen (secondary N) is 2. The summed E-state index contributed by atoms with van der Waals surface area (Å²) in [5.41, 5.74) is 12.5. The number of halogens is 2. The Kier molecular flexibility index (Phi) is 33.6. The predicted octanol–water partition coefficient (Wildman–Crippen LogP) is -7.16. The number of amides is 2. The van der Waals surface area contributed by atoms with Crippen molar-refractivity contribution in [3.05, 3.63) is 0 Å². The van der Waals surface area contributed by atoms with Gasteiger partial charge in [-0.15, -0.1) is 24.8 Å². The molecular weight excluding hydrogens is 1110 g/mol. The minimum absolute atomic E-state index is 0. The average Bonchev–Trinajstić information content (AvgIpc) is 3.36. The smallest absolute Gasteiger partial charge is 0.335 e. The van der Waals surface area contributed by atoms with Crippen LogP contribution in [-0.4, -0.2) is 270 Å². The molecule has 0 spiro atoms. The Morgan fingerprint density at radius 1 is 0.582 bits per heavy atom. The number of Topliss-reactive ketones (excluding diaryl/α,β-unsaturated/α-hetero) is 1. The zero-order valence-electron chi connectivity index (χ0n) is 44.4. The Labute approximate surface area is 466 Å². The summed E-state index contributed by atoms with van der Waals surface area (Å²) in [6, 6.07) is -3.36. The Morgan fingerprint density at radius 3 is 1.23 bits per heavy atom. The van der Waals surface area contributed by atoms with Crippen LogP contribution in [0.4, 0.5) is 0 Å². The molecule has 0 radical (unpaired) electrons. The summed E-state index contributed by atoms with van der Waals surface area (Å²) in [4.78, 5) is 69.1. The third-order valence-corrected chi connectivity index (χ3v) is 13.2. The van der Waals surface area contributed by atoms with E-state index in [9.17, 15) is 90.0 Å². The van der Waals surface area contributed by atoms with Gasteiger partial charge in [0.2, 0.25) is 11.8 Å². The third kappa shape index (κ3) is 20.6. The molecule has 464 valence electrons. The number of carboxylic acids is 3. The number of aliphatic hydroxyl groups excluding tert-OH is 8. The van der Waals surface area contributed by atoms with E-state index in [4.69, 9.17) is 60.2 Å². The number of rotatable bonds is 24. The fraction of sp³-hybridized carbons (Fsp3) is 0.867. The van der Waals surface area contributed by atoms with E-state index in [-0.39, 0.29) is 37.0 Å². The molecule has 0 aromatic carbocycles. The summed E-state index contributed by atoms with van der Waals surface area (Å²) in [7, 11) is 2.28. The summed E-state index contributed by atoms with van der Waals surface area (Å²) < 4.78 is 41.7. The normalized spacial score (nSPS) is 36.8. The Bertz CT molecular complexity index is 1780. The molecule has 0 aromatic heterocycles. The summed E-state index contributed by atoms with van der Waals surface area (Å²) in [5, 5.41) is 134. The fourth-order valence-corrected chi connectivity index (χ4v) is 8.61. The molecule has 0 bridgehead atoms. The first-order valence-electron chi connectivity index (χ1n) is 24.6. The molecule has 0 aliphatic carbocycles. The predicted molar refractivity (Wildman–Crippen MR) is 269 cm³/mol. The van der Waals surface area contributed by atoms with E-state index in [2.05, 4.69) is 10.6 Å². The van der Waals surface area contributed by atoms with Crippen LogP contribution >= 0.6 is 24.8 Å². The summed E-state index contributed by atoms with van der Waals surface area (Å²) in [5.74, 6) is -6.07. The number of methoxy groups -OCH3 is 2. The van der Waals surface area contributed by atoms with Crippen LogP contribution in [0.2, 0.25) is 0 Å². The van der Waals surface area contributed by atoms with Crippen molar-refractivity contribution in [2.75, 3.05) is 40.5 Å². The summed E-state index contributed by atoms with van der Waals surface area (Å²) in [6.45, 7) is 4.25. The second kappa shape index (κ2) is 35.0. The number of aliphatic hydroxyl groups is 10. The second-order valence-corrected chi connectivity index (χ2v) is 19.2. The molecule has 4 aliphatic heterocycles. The van der Waals surface area contributed by atoms with Gasteiger partial charge in [-0.2, -0.15) is 0 Å². The zero-order chi connectivity index (χ0) is 58.9. The van der Waals surface area contributed by atoms with Crippen molar-refractivity contribution in [3.8, 4) is 0 Å². The molecule has 79 heavy (non-hydrogen) atoms. The van der Waals surface area contributed by atoms with Gasteiger partial charge in [-0.3, -0.25) is 19.2 Å². The topological polar surface area (TPSA) is 541 Å². The van der Waals surface area contributed by atoms with Crippen molar-refractivity contribution in [2.24, 2.45) is 23.1 Å². The lowest BCUT2D eigenvalue weighted by atomic mass is 9.84. The van der Waals surface area contributed by atoms with E-state index < -0.39 is 177 Å². The number of nitrogens with two attached hydrogens (primary N) is 3. The van der Waals surface area contributed by atoms with Gasteiger partial charge in [-0.25, -0.2) is 9.59 Å². The van der Waals surface area contributed by atoms with Crippen molar-refractivity contribution >= 4 is 60.3 Å². The van der Waals surface area contributed by atoms with Crippen LogP contribution in [-0.2, 0) is 66.7 Å². The van der Waals surface area contributed by atoms with Gasteiger partial charge in [0.1, 0.15) is 90.1 Å². The Hall–Kier alpha value is -3.24. The summed E-state index contributed by atoms with van der Waals surface area (Å²) >= 11 is 0. The largest absolute Gasteiger partial charge is 0.481 e. The van der Waals surface area contributed by atoms with Gasteiger partial charge in [-0.05, 0) is 52.6 Å². The van der Waals surface area contributed by atoms with E-state index in [1.54, 1.807) is 0 Å².